The Morgan fingerprint density at radius 2 is 1.95 bits per heavy atom. The highest BCUT2D eigenvalue weighted by atomic mass is 16.7. The van der Waals surface area contributed by atoms with Crippen molar-refractivity contribution in [2.24, 2.45) is 5.73 Å². The molecule has 2 N–H and O–H groups in total. The molecule has 0 saturated carbocycles. The first kappa shape index (κ1) is 13.8. The second-order valence-corrected chi connectivity index (χ2v) is 4.69. The third-order valence-corrected chi connectivity index (χ3v) is 3.32. The molecule has 19 heavy (non-hydrogen) atoms. The van der Waals surface area contributed by atoms with Crippen molar-refractivity contribution in [3.8, 4) is 5.75 Å². The fourth-order valence-corrected chi connectivity index (χ4v) is 2.19. The normalized spacial score (nSPS) is 12.6. The maximum Gasteiger partial charge on any atom is 0.188 e. The fraction of sp³-hybridized carbons (Fsp3) is 0.375. The van der Waals surface area contributed by atoms with Crippen LogP contribution in [0.1, 0.15) is 18.9 Å². The summed E-state index contributed by atoms with van der Waals surface area (Å²) >= 11 is 0. The van der Waals surface area contributed by atoms with Crippen LogP contribution in [0, 0.1) is 0 Å². The Labute approximate surface area is 114 Å². The van der Waals surface area contributed by atoms with E-state index in [1.807, 2.05) is 18.2 Å². The van der Waals surface area contributed by atoms with Crippen molar-refractivity contribution in [3.63, 3.8) is 0 Å². The highest BCUT2D eigenvalue weighted by Crippen LogP contribution is 2.29. The van der Waals surface area contributed by atoms with E-state index < -0.39 is 0 Å². The summed E-state index contributed by atoms with van der Waals surface area (Å²) in [4.78, 5) is 0. The summed E-state index contributed by atoms with van der Waals surface area (Å²) in [5, 5.41) is 2.42. The molecule has 3 nitrogen and oxygen atoms in total. The number of benzene rings is 2. The van der Waals surface area contributed by atoms with Crippen molar-refractivity contribution in [1.82, 2.24) is 0 Å². The molecule has 0 aliphatic carbocycles. The Bertz CT molecular complexity index is 539. The van der Waals surface area contributed by atoms with Crippen molar-refractivity contribution < 1.29 is 9.47 Å². The monoisotopic (exact) mass is 259 g/mol. The van der Waals surface area contributed by atoms with Crippen molar-refractivity contribution >= 4 is 10.8 Å². The van der Waals surface area contributed by atoms with E-state index in [9.17, 15) is 0 Å². The Morgan fingerprint density at radius 3 is 2.68 bits per heavy atom. The number of methoxy groups -OCH3 is 1. The molecule has 0 bridgehead atoms. The molecule has 0 fully saturated rings. The van der Waals surface area contributed by atoms with Gasteiger partial charge in [0, 0.05) is 18.7 Å². The van der Waals surface area contributed by atoms with Crippen LogP contribution < -0.4 is 10.5 Å². The predicted molar refractivity (Wildman–Crippen MR) is 78.4 cm³/mol. The quantitative estimate of drug-likeness (QED) is 0.811. The van der Waals surface area contributed by atoms with E-state index in [1.165, 1.54) is 16.3 Å². The number of fused-ring (bicyclic) bond motifs is 1. The first-order chi connectivity index (χ1) is 9.26. The van der Waals surface area contributed by atoms with Gasteiger partial charge in [0.15, 0.2) is 6.79 Å². The third kappa shape index (κ3) is 3.25. The molecule has 2 aromatic carbocycles. The van der Waals surface area contributed by atoms with Gasteiger partial charge < -0.3 is 15.2 Å². The highest BCUT2D eigenvalue weighted by Gasteiger charge is 2.12. The van der Waals surface area contributed by atoms with E-state index in [0.717, 1.165) is 18.6 Å². The minimum Gasteiger partial charge on any atom is -0.467 e. The van der Waals surface area contributed by atoms with Gasteiger partial charge in [-0.25, -0.2) is 0 Å². The van der Waals surface area contributed by atoms with Crippen LogP contribution in [0.2, 0.25) is 0 Å². The number of ether oxygens (including phenoxy) is 2. The topological polar surface area (TPSA) is 44.5 Å². The summed E-state index contributed by atoms with van der Waals surface area (Å²) in [6.07, 6.45) is 1.77. The molecule has 3 heteroatoms. The average molecular weight is 259 g/mol. The van der Waals surface area contributed by atoms with E-state index in [2.05, 4.69) is 25.1 Å². The number of hydrogen-bond acceptors (Lipinski definition) is 3. The Kier molecular flexibility index (Phi) is 4.77. The Morgan fingerprint density at radius 1 is 1.16 bits per heavy atom. The van der Waals surface area contributed by atoms with Crippen LogP contribution >= 0.6 is 0 Å². The van der Waals surface area contributed by atoms with E-state index in [-0.39, 0.29) is 12.8 Å². The van der Waals surface area contributed by atoms with Gasteiger partial charge in [-0.2, -0.15) is 0 Å². The molecule has 102 valence electrons. The van der Waals surface area contributed by atoms with Crippen molar-refractivity contribution in [1.29, 1.82) is 0 Å². The van der Waals surface area contributed by atoms with Gasteiger partial charge in [-0.3, -0.25) is 0 Å². The van der Waals surface area contributed by atoms with Crippen LogP contribution in [-0.4, -0.2) is 19.9 Å². The molecule has 0 aliphatic rings. The smallest absolute Gasteiger partial charge is 0.188 e. The second-order valence-electron chi connectivity index (χ2n) is 4.69. The SMILES string of the molecule is CCC(N)Cc1c(OCOC)ccc2ccccc12. The van der Waals surface area contributed by atoms with Crippen molar-refractivity contribution in [2.75, 3.05) is 13.9 Å². The standard InChI is InChI=1S/C16H21NO2/c1-3-13(17)10-15-14-7-5-4-6-12(14)8-9-16(15)19-11-18-2/h4-9,13H,3,10-11,17H2,1-2H3. The molecule has 0 saturated heterocycles. The summed E-state index contributed by atoms with van der Waals surface area (Å²) in [5.41, 5.74) is 7.28. The van der Waals surface area contributed by atoms with E-state index in [1.54, 1.807) is 7.11 Å². The van der Waals surface area contributed by atoms with Gasteiger partial charge >= 0.3 is 0 Å². The lowest BCUT2D eigenvalue weighted by Gasteiger charge is -2.16. The van der Waals surface area contributed by atoms with Gasteiger partial charge in [0.1, 0.15) is 5.75 Å². The zero-order valence-corrected chi connectivity index (χ0v) is 11.6. The highest BCUT2D eigenvalue weighted by molar-refractivity contribution is 5.87. The summed E-state index contributed by atoms with van der Waals surface area (Å²) in [6.45, 7) is 2.36. The lowest BCUT2D eigenvalue weighted by Crippen LogP contribution is -2.22. The summed E-state index contributed by atoms with van der Waals surface area (Å²) in [7, 11) is 1.62. The van der Waals surface area contributed by atoms with E-state index in [0.29, 0.717) is 0 Å². The fourth-order valence-electron chi connectivity index (χ4n) is 2.19. The van der Waals surface area contributed by atoms with Crippen LogP contribution in [0.4, 0.5) is 0 Å². The van der Waals surface area contributed by atoms with Crippen LogP contribution in [0.25, 0.3) is 10.8 Å². The molecule has 2 rings (SSSR count). The zero-order chi connectivity index (χ0) is 13.7. The molecular weight excluding hydrogens is 238 g/mol. The average Bonchev–Trinajstić information content (AvgIpc) is 2.46. The molecule has 1 unspecified atom stereocenters. The number of hydrogen-bond donors (Lipinski definition) is 1. The van der Waals surface area contributed by atoms with E-state index in [4.69, 9.17) is 15.2 Å². The lowest BCUT2D eigenvalue weighted by atomic mass is 9.97. The summed E-state index contributed by atoms with van der Waals surface area (Å²) in [6, 6.07) is 12.5. The number of nitrogens with two attached hydrogens (primary N) is 1. The van der Waals surface area contributed by atoms with Gasteiger partial charge in [-0.05, 0) is 29.7 Å². The second kappa shape index (κ2) is 6.55. The van der Waals surface area contributed by atoms with Crippen LogP contribution in [0.5, 0.6) is 5.75 Å². The Hall–Kier alpha value is -1.58. The van der Waals surface area contributed by atoms with Crippen LogP contribution in [-0.2, 0) is 11.2 Å². The lowest BCUT2D eigenvalue weighted by molar-refractivity contribution is 0.0505. The van der Waals surface area contributed by atoms with Gasteiger partial charge in [-0.1, -0.05) is 37.3 Å². The molecular formula is C16H21NO2. The van der Waals surface area contributed by atoms with Gasteiger partial charge in [0.2, 0.25) is 0 Å². The molecule has 0 aliphatic heterocycles. The van der Waals surface area contributed by atoms with Gasteiger partial charge in [0.05, 0.1) is 0 Å². The molecule has 0 radical (unpaired) electrons. The molecule has 1 atom stereocenters. The minimum absolute atomic E-state index is 0.149. The van der Waals surface area contributed by atoms with Crippen molar-refractivity contribution in [3.05, 3.63) is 42.0 Å². The largest absolute Gasteiger partial charge is 0.467 e. The van der Waals surface area contributed by atoms with Crippen LogP contribution in [0.15, 0.2) is 36.4 Å². The molecule has 0 heterocycles. The minimum atomic E-state index is 0.149. The van der Waals surface area contributed by atoms with E-state index >= 15 is 0 Å². The molecule has 0 aromatic heterocycles. The first-order valence-electron chi connectivity index (χ1n) is 6.64. The molecule has 0 spiro atoms. The maximum absolute atomic E-state index is 6.11. The van der Waals surface area contributed by atoms with Crippen LogP contribution in [0.3, 0.4) is 0 Å². The Balaban J connectivity index is 2.44. The zero-order valence-electron chi connectivity index (χ0n) is 11.6. The third-order valence-electron chi connectivity index (χ3n) is 3.32. The molecule has 0 amide bonds. The number of rotatable bonds is 6. The predicted octanol–water partition coefficient (Wildman–Crippen LogP) is 3.10. The molecule has 2 aromatic rings. The summed E-state index contributed by atoms with van der Waals surface area (Å²) in [5.74, 6) is 0.865. The first-order valence-corrected chi connectivity index (χ1v) is 6.64. The maximum atomic E-state index is 6.11. The van der Waals surface area contributed by atoms with Crippen molar-refractivity contribution in [2.45, 2.75) is 25.8 Å². The van der Waals surface area contributed by atoms with Gasteiger partial charge in [-0.15, -0.1) is 0 Å². The van der Waals surface area contributed by atoms with Gasteiger partial charge in [0.25, 0.3) is 0 Å². The summed E-state index contributed by atoms with van der Waals surface area (Å²) < 4.78 is 10.7.